The number of para-hydroxylation sites is 1. The molecule has 3 heterocycles. The summed E-state index contributed by atoms with van der Waals surface area (Å²) in [5, 5.41) is 17.3. The summed E-state index contributed by atoms with van der Waals surface area (Å²) < 4.78 is 2.24. The monoisotopic (exact) mass is 470 g/mol. The standard InChI is InChI=1S/C30H38N4O/c1-8-20-11-10-12-21(9-2)26(20)34-27(23-14-13-19(3)25-22(23)15-16-31-25)24-17-33(18-29(4,5)35)30(6,7)28(24)32-34/h10-16,31,35H,8-9,17-18H2,1-7H3. The highest BCUT2D eigenvalue weighted by Crippen LogP contribution is 2.46. The van der Waals surface area contributed by atoms with E-state index in [0.29, 0.717) is 6.54 Å². The van der Waals surface area contributed by atoms with E-state index in [0.717, 1.165) is 25.1 Å². The van der Waals surface area contributed by atoms with E-state index >= 15 is 0 Å². The number of hydrogen-bond donors (Lipinski definition) is 2. The molecule has 184 valence electrons. The van der Waals surface area contributed by atoms with Crippen molar-refractivity contribution in [1.82, 2.24) is 19.7 Å². The van der Waals surface area contributed by atoms with Crippen LogP contribution >= 0.6 is 0 Å². The second kappa shape index (κ2) is 8.35. The summed E-state index contributed by atoms with van der Waals surface area (Å²) in [6.45, 7) is 16.2. The van der Waals surface area contributed by atoms with Crippen LogP contribution in [0.15, 0.2) is 42.6 Å². The lowest BCUT2D eigenvalue weighted by molar-refractivity contribution is 0.000494. The third-order valence-electron chi connectivity index (χ3n) is 7.64. The first-order valence-corrected chi connectivity index (χ1v) is 12.8. The van der Waals surface area contributed by atoms with Gasteiger partial charge in [-0.15, -0.1) is 0 Å². The van der Waals surface area contributed by atoms with Crippen molar-refractivity contribution in [1.29, 1.82) is 0 Å². The fourth-order valence-corrected chi connectivity index (χ4v) is 5.78. The molecule has 0 unspecified atom stereocenters. The third-order valence-corrected chi connectivity index (χ3v) is 7.64. The maximum absolute atomic E-state index is 10.7. The van der Waals surface area contributed by atoms with Crippen LogP contribution in [0.5, 0.6) is 0 Å². The Morgan fingerprint density at radius 1 is 1.06 bits per heavy atom. The van der Waals surface area contributed by atoms with Crippen molar-refractivity contribution in [3.63, 3.8) is 0 Å². The summed E-state index contributed by atoms with van der Waals surface area (Å²) in [5.74, 6) is 0. The van der Waals surface area contributed by atoms with Crippen molar-refractivity contribution in [2.75, 3.05) is 6.54 Å². The van der Waals surface area contributed by atoms with Gasteiger partial charge in [0.2, 0.25) is 0 Å². The quantitative estimate of drug-likeness (QED) is 0.349. The van der Waals surface area contributed by atoms with Crippen LogP contribution < -0.4 is 0 Å². The average molecular weight is 471 g/mol. The molecule has 2 aromatic carbocycles. The Labute approximate surface area is 208 Å². The van der Waals surface area contributed by atoms with Crippen LogP contribution in [0, 0.1) is 6.92 Å². The zero-order valence-corrected chi connectivity index (χ0v) is 22.2. The maximum Gasteiger partial charge on any atom is 0.0878 e. The molecule has 35 heavy (non-hydrogen) atoms. The van der Waals surface area contributed by atoms with E-state index < -0.39 is 5.60 Å². The molecule has 5 nitrogen and oxygen atoms in total. The highest BCUT2D eigenvalue weighted by molar-refractivity contribution is 5.97. The topological polar surface area (TPSA) is 57.1 Å². The summed E-state index contributed by atoms with van der Waals surface area (Å²) in [6.07, 6.45) is 3.94. The molecule has 0 fully saturated rings. The van der Waals surface area contributed by atoms with Gasteiger partial charge in [0.1, 0.15) is 0 Å². The minimum Gasteiger partial charge on any atom is -0.389 e. The minimum atomic E-state index is -0.779. The van der Waals surface area contributed by atoms with Gasteiger partial charge in [0, 0.05) is 41.3 Å². The Morgan fingerprint density at radius 3 is 2.37 bits per heavy atom. The van der Waals surface area contributed by atoms with E-state index in [1.807, 2.05) is 20.0 Å². The van der Waals surface area contributed by atoms with Gasteiger partial charge in [-0.25, -0.2) is 4.68 Å². The Balaban J connectivity index is 1.83. The lowest BCUT2D eigenvalue weighted by Gasteiger charge is -2.35. The number of aryl methyl sites for hydroxylation is 3. The van der Waals surface area contributed by atoms with Gasteiger partial charge in [-0.2, -0.15) is 5.10 Å². The zero-order chi connectivity index (χ0) is 25.1. The van der Waals surface area contributed by atoms with Gasteiger partial charge < -0.3 is 10.1 Å². The van der Waals surface area contributed by atoms with Crippen molar-refractivity contribution < 1.29 is 5.11 Å². The Hall–Kier alpha value is -2.89. The molecule has 5 rings (SSSR count). The van der Waals surface area contributed by atoms with Gasteiger partial charge >= 0.3 is 0 Å². The third kappa shape index (κ3) is 3.82. The molecule has 0 saturated heterocycles. The van der Waals surface area contributed by atoms with Crippen LogP contribution in [0.1, 0.15) is 69.5 Å². The van der Waals surface area contributed by atoms with E-state index in [2.05, 4.69) is 85.6 Å². The summed E-state index contributed by atoms with van der Waals surface area (Å²) in [4.78, 5) is 5.81. The molecular weight excluding hydrogens is 432 g/mol. The fraction of sp³-hybridized carbons (Fsp3) is 0.433. The summed E-state index contributed by atoms with van der Waals surface area (Å²) >= 11 is 0. The van der Waals surface area contributed by atoms with Crippen LogP contribution in [-0.4, -0.2) is 36.9 Å². The minimum absolute atomic E-state index is 0.287. The Kier molecular flexibility index (Phi) is 5.69. The first kappa shape index (κ1) is 23.8. The van der Waals surface area contributed by atoms with Crippen LogP contribution in [0.2, 0.25) is 0 Å². The number of β-amino-alcohol motifs (C(OH)–C–C–N with tert-alkyl or cyclic N) is 1. The molecule has 2 N–H and O–H groups in total. The first-order chi connectivity index (χ1) is 16.6. The molecule has 5 heteroatoms. The van der Waals surface area contributed by atoms with Crippen LogP contribution in [-0.2, 0) is 24.9 Å². The van der Waals surface area contributed by atoms with E-state index in [1.165, 1.54) is 50.1 Å². The van der Waals surface area contributed by atoms with E-state index in [-0.39, 0.29) is 5.54 Å². The zero-order valence-electron chi connectivity index (χ0n) is 22.2. The number of nitrogens with zero attached hydrogens (tertiary/aromatic N) is 3. The number of aromatic amines is 1. The lowest BCUT2D eigenvalue weighted by Crippen LogP contribution is -2.44. The number of aromatic nitrogens is 3. The number of aliphatic hydroxyl groups is 1. The van der Waals surface area contributed by atoms with Gasteiger partial charge in [-0.1, -0.05) is 44.2 Å². The summed E-state index contributed by atoms with van der Waals surface area (Å²) in [6, 6.07) is 13.3. The predicted molar refractivity (Wildman–Crippen MR) is 144 cm³/mol. The SMILES string of the molecule is CCc1cccc(CC)c1-n1nc2c(c1-c1ccc(C)c3[nH]ccc13)CN(CC(C)(C)O)C2(C)C. The lowest BCUT2D eigenvalue weighted by atomic mass is 9.96. The molecule has 0 amide bonds. The second-order valence-corrected chi connectivity index (χ2v) is 11.1. The van der Waals surface area contributed by atoms with E-state index in [9.17, 15) is 5.11 Å². The number of fused-ring (bicyclic) bond motifs is 2. The average Bonchev–Trinajstić information content (AvgIpc) is 3.49. The van der Waals surface area contributed by atoms with Gasteiger partial charge in [0.05, 0.1) is 28.2 Å². The number of H-pyrrole nitrogens is 1. The van der Waals surface area contributed by atoms with Crippen LogP contribution in [0.4, 0.5) is 0 Å². The van der Waals surface area contributed by atoms with Crippen molar-refractivity contribution in [3.05, 3.63) is 70.5 Å². The number of nitrogens with one attached hydrogen (secondary N) is 1. The largest absolute Gasteiger partial charge is 0.389 e. The van der Waals surface area contributed by atoms with E-state index in [1.54, 1.807) is 0 Å². The predicted octanol–water partition coefficient (Wildman–Crippen LogP) is 6.28. The normalized spacial score (nSPS) is 15.8. The van der Waals surface area contributed by atoms with Crippen molar-refractivity contribution in [3.8, 4) is 16.9 Å². The smallest absolute Gasteiger partial charge is 0.0878 e. The Morgan fingerprint density at radius 2 is 1.74 bits per heavy atom. The number of benzene rings is 2. The molecule has 0 spiro atoms. The van der Waals surface area contributed by atoms with Gasteiger partial charge in [-0.3, -0.25) is 4.90 Å². The molecule has 0 saturated carbocycles. The van der Waals surface area contributed by atoms with Crippen molar-refractivity contribution in [2.45, 2.75) is 79.0 Å². The molecule has 2 aromatic heterocycles. The molecule has 1 aliphatic heterocycles. The van der Waals surface area contributed by atoms with Gasteiger partial charge in [0.25, 0.3) is 0 Å². The first-order valence-electron chi connectivity index (χ1n) is 12.8. The van der Waals surface area contributed by atoms with Crippen molar-refractivity contribution >= 4 is 10.9 Å². The van der Waals surface area contributed by atoms with Crippen molar-refractivity contribution in [2.24, 2.45) is 0 Å². The summed E-state index contributed by atoms with van der Waals surface area (Å²) in [5.41, 5.74) is 9.94. The van der Waals surface area contributed by atoms with E-state index in [4.69, 9.17) is 5.10 Å². The highest BCUT2D eigenvalue weighted by Gasteiger charge is 2.44. The molecule has 0 atom stereocenters. The maximum atomic E-state index is 10.7. The molecule has 4 aromatic rings. The highest BCUT2D eigenvalue weighted by atomic mass is 16.3. The second-order valence-electron chi connectivity index (χ2n) is 11.1. The molecule has 0 bridgehead atoms. The number of hydrogen-bond acceptors (Lipinski definition) is 3. The Bertz CT molecular complexity index is 1380. The van der Waals surface area contributed by atoms with Crippen LogP contribution in [0.25, 0.3) is 27.8 Å². The van der Waals surface area contributed by atoms with Gasteiger partial charge in [-0.05, 0) is 70.2 Å². The molecular formula is C30H38N4O. The molecule has 0 radical (unpaired) electrons. The molecule has 1 aliphatic rings. The van der Waals surface area contributed by atoms with Crippen LogP contribution in [0.3, 0.4) is 0 Å². The molecule has 0 aliphatic carbocycles. The summed E-state index contributed by atoms with van der Waals surface area (Å²) in [7, 11) is 0. The van der Waals surface area contributed by atoms with Gasteiger partial charge in [0.15, 0.2) is 0 Å². The number of rotatable bonds is 6. The fourth-order valence-electron chi connectivity index (χ4n) is 5.78.